The second-order valence-electron chi connectivity index (χ2n) is 4.57. The maximum atomic E-state index is 11.7. The van der Waals surface area contributed by atoms with Crippen LogP contribution in [-0.2, 0) is 11.2 Å². The molecule has 102 valence electrons. The van der Waals surface area contributed by atoms with E-state index in [4.69, 9.17) is 5.73 Å². The van der Waals surface area contributed by atoms with Gasteiger partial charge in [-0.3, -0.25) is 4.79 Å². The van der Waals surface area contributed by atoms with Crippen LogP contribution in [0.5, 0.6) is 0 Å². The van der Waals surface area contributed by atoms with Gasteiger partial charge in [0.05, 0.1) is 0 Å². The number of likely N-dealkylation sites (N-methyl/N-ethyl adjacent to an activating group) is 1. The Balaban J connectivity index is 0.00000289. The summed E-state index contributed by atoms with van der Waals surface area (Å²) in [5, 5.41) is 0. The van der Waals surface area contributed by atoms with Crippen LogP contribution < -0.4 is 5.73 Å². The van der Waals surface area contributed by atoms with E-state index in [1.807, 2.05) is 32.2 Å². The van der Waals surface area contributed by atoms with E-state index < -0.39 is 0 Å². The van der Waals surface area contributed by atoms with Crippen molar-refractivity contribution in [3.8, 4) is 0 Å². The van der Waals surface area contributed by atoms with E-state index in [9.17, 15) is 4.79 Å². The number of amides is 1. The number of halogens is 1. The van der Waals surface area contributed by atoms with Crippen molar-refractivity contribution in [2.75, 3.05) is 13.6 Å². The molecule has 0 radical (unpaired) electrons. The Labute approximate surface area is 116 Å². The molecule has 0 spiro atoms. The molecular weight excluding hydrogens is 248 g/mol. The maximum absolute atomic E-state index is 11.7. The Morgan fingerprint density at radius 3 is 2.50 bits per heavy atom. The molecule has 0 aliphatic heterocycles. The summed E-state index contributed by atoms with van der Waals surface area (Å²) in [6, 6.07) is 10.3. The Bertz CT molecular complexity index is 341. The van der Waals surface area contributed by atoms with E-state index in [1.165, 1.54) is 5.56 Å². The van der Waals surface area contributed by atoms with Crippen molar-refractivity contribution in [2.24, 2.45) is 5.73 Å². The van der Waals surface area contributed by atoms with Crippen LogP contribution in [0.25, 0.3) is 0 Å². The summed E-state index contributed by atoms with van der Waals surface area (Å²) in [6.45, 7) is 2.69. The van der Waals surface area contributed by atoms with Gasteiger partial charge in [0, 0.05) is 26.1 Å². The Hall–Kier alpha value is -1.06. The molecule has 0 aromatic heterocycles. The van der Waals surface area contributed by atoms with Crippen molar-refractivity contribution in [3.63, 3.8) is 0 Å². The second kappa shape index (κ2) is 8.95. The third-order valence-corrected chi connectivity index (χ3v) is 2.82. The summed E-state index contributed by atoms with van der Waals surface area (Å²) in [6.07, 6.45) is 2.21. The quantitative estimate of drug-likeness (QED) is 0.862. The van der Waals surface area contributed by atoms with E-state index in [0.717, 1.165) is 19.4 Å². The molecule has 0 saturated heterocycles. The third-order valence-electron chi connectivity index (χ3n) is 2.82. The number of nitrogens with zero attached hydrogens (tertiary/aromatic N) is 1. The summed E-state index contributed by atoms with van der Waals surface area (Å²) in [7, 11) is 1.85. The molecule has 1 atom stereocenters. The highest BCUT2D eigenvalue weighted by atomic mass is 35.5. The first-order valence-corrected chi connectivity index (χ1v) is 6.13. The summed E-state index contributed by atoms with van der Waals surface area (Å²) in [5.41, 5.74) is 6.90. The normalized spacial score (nSPS) is 11.5. The molecule has 3 nitrogen and oxygen atoms in total. The van der Waals surface area contributed by atoms with Crippen LogP contribution in [0.2, 0.25) is 0 Å². The fraction of sp³-hybridized carbons (Fsp3) is 0.500. The van der Waals surface area contributed by atoms with Crippen molar-refractivity contribution in [1.29, 1.82) is 0 Å². The lowest BCUT2D eigenvalue weighted by Gasteiger charge is -2.17. The molecule has 0 saturated carbocycles. The molecule has 0 aliphatic carbocycles. The molecule has 1 amide bonds. The van der Waals surface area contributed by atoms with E-state index in [2.05, 4.69) is 12.1 Å². The highest BCUT2D eigenvalue weighted by molar-refractivity contribution is 5.85. The van der Waals surface area contributed by atoms with Crippen LogP contribution in [0.15, 0.2) is 30.3 Å². The van der Waals surface area contributed by atoms with Gasteiger partial charge >= 0.3 is 0 Å². The van der Waals surface area contributed by atoms with Crippen molar-refractivity contribution in [1.82, 2.24) is 4.90 Å². The largest absolute Gasteiger partial charge is 0.345 e. The van der Waals surface area contributed by atoms with Crippen molar-refractivity contribution < 1.29 is 4.79 Å². The molecule has 4 heteroatoms. The van der Waals surface area contributed by atoms with Crippen LogP contribution in [0.1, 0.15) is 25.3 Å². The molecular formula is C14H23ClN2O. The lowest BCUT2D eigenvalue weighted by Crippen LogP contribution is -2.30. The number of nitrogens with two attached hydrogens (primary N) is 1. The van der Waals surface area contributed by atoms with Crippen molar-refractivity contribution in [2.45, 2.75) is 32.2 Å². The molecule has 1 aromatic rings. The van der Waals surface area contributed by atoms with Gasteiger partial charge in [0.15, 0.2) is 0 Å². The first kappa shape index (κ1) is 16.9. The second-order valence-corrected chi connectivity index (χ2v) is 4.57. The molecule has 0 bridgehead atoms. The minimum Gasteiger partial charge on any atom is -0.345 e. The van der Waals surface area contributed by atoms with Crippen LogP contribution in [0.4, 0.5) is 0 Å². The fourth-order valence-corrected chi connectivity index (χ4v) is 1.61. The Morgan fingerprint density at radius 1 is 1.33 bits per heavy atom. The number of hydrogen-bond acceptors (Lipinski definition) is 2. The molecule has 1 unspecified atom stereocenters. The average Bonchev–Trinajstić information content (AvgIpc) is 2.34. The van der Waals surface area contributed by atoms with E-state index in [0.29, 0.717) is 6.42 Å². The highest BCUT2D eigenvalue weighted by Gasteiger charge is 2.09. The van der Waals surface area contributed by atoms with Crippen LogP contribution in [-0.4, -0.2) is 30.4 Å². The van der Waals surface area contributed by atoms with Crippen molar-refractivity contribution >= 4 is 18.3 Å². The van der Waals surface area contributed by atoms with Gasteiger partial charge in [0.1, 0.15) is 0 Å². The highest BCUT2D eigenvalue weighted by Crippen LogP contribution is 2.03. The Kier molecular flexibility index (Phi) is 8.42. The number of carbonyl (C=O) groups excluding carboxylic acids is 1. The van der Waals surface area contributed by atoms with Crippen molar-refractivity contribution in [3.05, 3.63) is 35.9 Å². The van der Waals surface area contributed by atoms with Crippen LogP contribution >= 0.6 is 12.4 Å². The summed E-state index contributed by atoms with van der Waals surface area (Å²) < 4.78 is 0. The van der Waals surface area contributed by atoms with E-state index in [1.54, 1.807) is 4.90 Å². The smallest absolute Gasteiger partial charge is 0.222 e. The summed E-state index contributed by atoms with van der Waals surface area (Å²) in [4.78, 5) is 13.5. The zero-order valence-electron chi connectivity index (χ0n) is 11.1. The molecule has 2 N–H and O–H groups in total. The van der Waals surface area contributed by atoms with Gasteiger partial charge in [-0.25, -0.2) is 0 Å². The standard InChI is InChI=1S/C14H22N2O.ClH/c1-12(15)8-9-14(17)16(2)11-10-13-6-4-3-5-7-13;/h3-7,12H,8-11,15H2,1-2H3;1H. The first-order valence-electron chi connectivity index (χ1n) is 6.13. The number of benzene rings is 1. The Morgan fingerprint density at radius 2 is 1.94 bits per heavy atom. The topological polar surface area (TPSA) is 46.3 Å². The summed E-state index contributed by atoms with van der Waals surface area (Å²) in [5.74, 6) is 0.179. The lowest BCUT2D eigenvalue weighted by molar-refractivity contribution is -0.130. The minimum atomic E-state index is 0. The minimum absolute atomic E-state index is 0. The lowest BCUT2D eigenvalue weighted by atomic mass is 10.1. The van der Waals surface area contributed by atoms with E-state index >= 15 is 0 Å². The van der Waals surface area contributed by atoms with Crippen LogP contribution in [0.3, 0.4) is 0 Å². The van der Waals surface area contributed by atoms with E-state index in [-0.39, 0.29) is 24.4 Å². The van der Waals surface area contributed by atoms with Gasteiger partial charge in [-0.1, -0.05) is 30.3 Å². The van der Waals surface area contributed by atoms with Crippen LogP contribution in [0, 0.1) is 0 Å². The number of hydrogen-bond donors (Lipinski definition) is 1. The number of carbonyl (C=O) groups is 1. The molecule has 1 rings (SSSR count). The number of rotatable bonds is 6. The average molecular weight is 271 g/mol. The first-order chi connectivity index (χ1) is 8.09. The molecule has 0 aliphatic rings. The SMILES string of the molecule is CC(N)CCC(=O)N(C)CCc1ccccc1.Cl. The monoisotopic (exact) mass is 270 g/mol. The zero-order chi connectivity index (χ0) is 12.7. The molecule has 0 fully saturated rings. The fourth-order valence-electron chi connectivity index (χ4n) is 1.61. The van der Waals surface area contributed by atoms with Gasteiger partial charge < -0.3 is 10.6 Å². The van der Waals surface area contributed by atoms with Gasteiger partial charge in [-0.05, 0) is 25.3 Å². The predicted molar refractivity (Wildman–Crippen MR) is 77.9 cm³/mol. The zero-order valence-corrected chi connectivity index (χ0v) is 12.0. The molecule has 0 heterocycles. The maximum Gasteiger partial charge on any atom is 0.222 e. The van der Waals surface area contributed by atoms with Gasteiger partial charge in [-0.15, -0.1) is 12.4 Å². The summed E-state index contributed by atoms with van der Waals surface area (Å²) >= 11 is 0. The predicted octanol–water partition coefficient (Wildman–Crippen LogP) is 2.24. The van der Waals surface area contributed by atoms with Gasteiger partial charge in [0.25, 0.3) is 0 Å². The third kappa shape index (κ3) is 6.62. The molecule has 1 aromatic carbocycles. The molecule has 18 heavy (non-hydrogen) atoms. The van der Waals surface area contributed by atoms with Gasteiger partial charge in [0.2, 0.25) is 5.91 Å². The van der Waals surface area contributed by atoms with Gasteiger partial charge in [-0.2, -0.15) is 0 Å².